The van der Waals surface area contributed by atoms with E-state index in [1.807, 2.05) is 6.07 Å². The van der Waals surface area contributed by atoms with E-state index < -0.39 is 11.7 Å². The van der Waals surface area contributed by atoms with Gasteiger partial charge in [-0.25, -0.2) is 9.97 Å². The second kappa shape index (κ2) is 6.05. The monoisotopic (exact) mass is 347 g/mol. The highest BCUT2D eigenvalue weighted by Gasteiger charge is 2.31. The van der Waals surface area contributed by atoms with Crippen molar-refractivity contribution in [2.75, 3.05) is 0 Å². The molecule has 3 aromatic heterocycles. The van der Waals surface area contributed by atoms with Crippen molar-refractivity contribution in [3.8, 4) is 23.3 Å². The number of nitrogens with zero attached hydrogens (tertiary/aromatic N) is 4. The molecule has 9 heteroatoms. The van der Waals surface area contributed by atoms with Crippen LogP contribution in [0.5, 0.6) is 6.01 Å². The summed E-state index contributed by atoms with van der Waals surface area (Å²) in [4.78, 5) is 14.7. The Morgan fingerprint density at radius 1 is 1.24 bits per heavy atom. The summed E-state index contributed by atoms with van der Waals surface area (Å²) in [6.07, 6.45) is -1.23. The number of fused-ring (bicyclic) bond motifs is 1. The van der Waals surface area contributed by atoms with Crippen LogP contribution in [-0.4, -0.2) is 26.0 Å². The molecule has 1 N–H and O–H groups in total. The molecule has 0 bridgehead atoms. The summed E-state index contributed by atoms with van der Waals surface area (Å²) in [6.45, 7) is 3.57. The second-order valence-electron chi connectivity index (χ2n) is 5.51. The number of hydrogen-bond donors (Lipinski definition) is 1. The number of rotatable bonds is 3. The first kappa shape index (κ1) is 16.7. The molecule has 3 rings (SSSR count). The molecule has 0 saturated carbocycles. The van der Waals surface area contributed by atoms with Crippen LogP contribution in [0.25, 0.3) is 22.3 Å². The van der Waals surface area contributed by atoms with Crippen LogP contribution in [0.3, 0.4) is 0 Å². The predicted octanol–water partition coefficient (Wildman–Crippen LogP) is 3.70. The van der Waals surface area contributed by atoms with E-state index in [0.717, 1.165) is 12.3 Å². The Hall–Kier alpha value is -3.15. The SMILES string of the molecule is CC(C)Oc1ncc(C#N)c(-c2c[nH]c3ncc(C(F)(F)F)cc23)n1. The molecule has 128 valence electrons. The van der Waals surface area contributed by atoms with E-state index in [1.54, 1.807) is 13.8 Å². The first-order valence-electron chi connectivity index (χ1n) is 7.28. The summed E-state index contributed by atoms with van der Waals surface area (Å²) in [5, 5.41) is 9.48. The number of alkyl halides is 3. The van der Waals surface area contributed by atoms with Gasteiger partial charge in [-0.3, -0.25) is 0 Å². The first-order chi connectivity index (χ1) is 11.8. The molecule has 0 radical (unpaired) electrons. The fraction of sp³-hybridized carbons (Fsp3) is 0.250. The van der Waals surface area contributed by atoms with E-state index in [4.69, 9.17) is 4.74 Å². The Bertz CT molecular complexity index is 972. The molecule has 0 atom stereocenters. The maximum absolute atomic E-state index is 13.0. The van der Waals surface area contributed by atoms with Crippen LogP contribution in [0.15, 0.2) is 24.7 Å². The number of hydrogen-bond acceptors (Lipinski definition) is 5. The van der Waals surface area contributed by atoms with E-state index in [2.05, 4.69) is 19.9 Å². The molecule has 3 heterocycles. The fourth-order valence-electron chi connectivity index (χ4n) is 2.27. The van der Waals surface area contributed by atoms with Gasteiger partial charge in [0, 0.05) is 23.3 Å². The van der Waals surface area contributed by atoms with Crippen LogP contribution in [0, 0.1) is 11.3 Å². The zero-order chi connectivity index (χ0) is 18.2. The molecule has 3 aromatic rings. The van der Waals surface area contributed by atoms with Crippen molar-refractivity contribution in [2.45, 2.75) is 26.1 Å². The summed E-state index contributed by atoms with van der Waals surface area (Å²) in [6, 6.07) is 2.95. The number of aromatic amines is 1. The minimum atomic E-state index is -4.52. The number of halogens is 3. The Balaban J connectivity index is 2.20. The van der Waals surface area contributed by atoms with Crippen LogP contribution in [0.2, 0.25) is 0 Å². The number of nitriles is 1. The van der Waals surface area contributed by atoms with Gasteiger partial charge in [0.15, 0.2) is 0 Å². The molecule has 6 nitrogen and oxygen atoms in total. The summed E-state index contributed by atoms with van der Waals surface area (Å²) in [5.41, 5.74) is -0.00000360. The van der Waals surface area contributed by atoms with Crippen molar-refractivity contribution in [1.29, 1.82) is 5.26 Å². The smallest absolute Gasteiger partial charge is 0.417 e. The zero-order valence-electron chi connectivity index (χ0n) is 13.2. The van der Waals surface area contributed by atoms with Crippen LogP contribution < -0.4 is 4.74 Å². The Kier molecular flexibility index (Phi) is 4.04. The minimum absolute atomic E-state index is 0.0401. The molecule has 0 amide bonds. The van der Waals surface area contributed by atoms with Gasteiger partial charge in [-0.2, -0.15) is 23.4 Å². The standard InChI is InChI=1S/C16H12F3N5O/c1-8(2)25-15-23-5-9(4-20)13(24-15)12-7-22-14-11(12)3-10(6-21-14)16(17,18)19/h3,5-8H,1-2H3,(H,21,22). The van der Waals surface area contributed by atoms with Crippen molar-refractivity contribution in [3.63, 3.8) is 0 Å². The van der Waals surface area contributed by atoms with Crippen molar-refractivity contribution >= 4 is 11.0 Å². The van der Waals surface area contributed by atoms with Gasteiger partial charge in [-0.15, -0.1) is 0 Å². The Morgan fingerprint density at radius 3 is 2.64 bits per heavy atom. The highest BCUT2D eigenvalue weighted by Crippen LogP contribution is 2.34. The highest BCUT2D eigenvalue weighted by molar-refractivity contribution is 5.94. The number of pyridine rings is 1. The quantitative estimate of drug-likeness (QED) is 0.780. The molecule has 0 spiro atoms. The molecule has 0 aliphatic carbocycles. The van der Waals surface area contributed by atoms with Crippen molar-refractivity contribution in [3.05, 3.63) is 35.8 Å². The third-order valence-electron chi connectivity index (χ3n) is 3.34. The molecule has 0 fully saturated rings. The lowest BCUT2D eigenvalue weighted by Crippen LogP contribution is -2.09. The van der Waals surface area contributed by atoms with E-state index in [1.165, 1.54) is 12.4 Å². The summed E-state index contributed by atoms with van der Waals surface area (Å²) < 4.78 is 44.3. The van der Waals surface area contributed by atoms with Gasteiger partial charge in [0.25, 0.3) is 0 Å². The molecule has 0 aliphatic rings. The first-order valence-corrected chi connectivity index (χ1v) is 7.28. The van der Waals surface area contributed by atoms with Gasteiger partial charge in [-0.05, 0) is 19.9 Å². The van der Waals surface area contributed by atoms with Gasteiger partial charge in [0.05, 0.1) is 29.1 Å². The second-order valence-corrected chi connectivity index (χ2v) is 5.51. The Morgan fingerprint density at radius 2 is 2.00 bits per heavy atom. The topological polar surface area (TPSA) is 87.5 Å². The molecular weight excluding hydrogens is 335 g/mol. The van der Waals surface area contributed by atoms with Crippen molar-refractivity contribution < 1.29 is 17.9 Å². The largest absolute Gasteiger partial charge is 0.461 e. The predicted molar refractivity (Wildman–Crippen MR) is 82.6 cm³/mol. The van der Waals surface area contributed by atoms with Crippen molar-refractivity contribution in [1.82, 2.24) is 19.9 Å². The average Bonchev–Trinajstić information content (AvgIpc) is 2.96. The van der Waals surface area contributed by atoms with Crippen LogP contribution >= 0.6 is 0 Å². The maximum atomic E-state index is 13.0. The molecule has 0 saturated heterocycles. The van der Waals surface area contributed by atoms with Gasteiger partial charge in [0.2, 0.25) is 0 Å². The number of aromatic nitrogens is 4. The number of nitrogens with one attached hydrogen (secondary N) is 1. The molecular formula is C16H12F3N5O. The van der Waals surface area contributed by atoms with Crippen LogP contribution in [0.1, 0.15) is 25.0 Å². The normalized spacial score (nSPS) is 11.7. The summed E-state index contributed by atoms with van der Waals surface area (Å²) in [7, 11) is 0. The third kappa shape index (κ3) is 3.24. The third-order valence-corrected chi connectivity index (χ3v) is 3.34. The average molecular weight is 347 g/mol. The van der Waals surface area contributed by atoms with Gasteiger partial charge in [-0.1, -0.05) is 0 Å². The molecule has 0 aliphatic heterocycles. The van der Waals surface area contributed by atoms with E-state index in [9.17, 15) is 18.4 Å². The summed E-state index contributed by atoms with van der Waals surface area (Å²) in [5.74, 6) is 0. The lowest BCUT2D eigenvalue weighted by molar-refractivity contribution is -0.137. The van der Waals surface area contributed by atoms with Crippen LogP contribution in [-0.2, 0) is 6.18 Å². The zero-order valence-corrected chi connectivity index (χ0v) is 13.2. The maximum Gasteiger partial charge on any atom is 0.417 e. The lowest BCUT2D eigenvalue weighted by atomic mass is 10.1. The van der Waals surface area contributed by atoms with Crippen molar-refractivity contribution in [2.24, 2.45) is 0 Å². The van der Waals surface area contributed by atoms with Crippen LogP contribution in [0.4, 0.5) is 13.2 Å². The molecule has 0 aromatic carbocycles. The molecule has 25 heavy (non-hydrogen) atoms. The lowest BCUT2D eigenvalue weighted by Gasteiger charge is -2.10. The number of H-pyrrole nitrogens is 1. The fourth-order valence-corrected chi connectivity index (χ4v) is 2.27. The Labute approximate surface area is 140 Å². The summed E-state index contributed by atoms with van der Waals surface area (Å²) >= 11 is 0. The van der Waals surface area contributed by atoms with Gasteiger partial charge in [0.1, 0.15) is 11.7 Å². The molecule has 0 unspecified atom stereocenters. The van der Waals surface area contributed by atoms with E-state index in [-0.39, 0.29) is 34.4 Å². The van der Waals surface area contributed by atoms with E-state index in [0.29, 0.717) is 5.56 Å². The highest BCUT2D eigenvalue weighted by atomic mass is 19.4. The minimum Gasteiger partial charge on any atom is -0.461 e. The number of ether oxygens (including phenoxy) is 1. The van der Waals surface area contributed by atoms with Gasteiger partial charge >= 0.3 is 12.2 Å². The van der Waals surface area contributed by atoms with E-state index >= 15 is 0 Å². The van der Waals surface area contributed by atoms with Gasteiger partial charge < -0.3 is 9.72 Å².